The Labute approximate surface area is 128 Å². The molecule has 0 atom stereocenters. The van der Waals surface area contributed by atoms with E-state index in [1.807, 2.05) is 0 Å². The van der Waals surface area contributed by atoms with E-state index in [1.54, 1.807) is 56.1 Å². The van der Waals surface area contributed by atoms with Crippen molar-refractivity contribution < 1.29 is 19.4 Å². The highest BCUT2D eigenvalue weighted by atomic mass is 16.5. The summed E-state index contributed by atoms with van der Waals surface area (Å²) in [5, 5.41) is 12.0. The van der Waals surface area contributed by atoms with Crippen molar-refractivity contribution >= 4 is 17.6 Å². The molecule has 6 nitrogen and oxygen atoms in total. The summed E-state index contributed by atoms with van der Waals surface area (Å²) < 4.78 is 6.77. The lowest BCUT2D eigenvalue weighted by molar-refractivity contribution is -0.115. The van der Waals surface area contributed by atoms with Gasteiger partial charge in [-0.25, -0.2) is 4.79 Å². The average Bonchev–Trinajstić information content (AvgIpc) is 2.73. The van der Waals surface area contributed by atoms with Crippen LogP contribution in [0.2, 0.25) is 0 Å². The number of hydrogen-bond acceptors (Lipinski definition) is 3. The Balaban J connectivity index is 2.17. The molecule has 116 valence electrons. The fraction of sp³-hybridized carbons (Fsp3) is 0.250. The normalized spacial score (nSPS) is 10.3. The molecule has 22 heavy (non-hydrogen) atoms. The van der Waals surface area contributed by atoms with Gasteiger partial charge in [-0.15, -0.1) is 0 Å². The van der Waals surface area contributed by atoms with E-state index in [1.165, 1.54) is 0 Å². The Bertz CT molecular complexity index is 719. The minimum Gasteiger partial charge on any atom is -0.497 e. The minimum absolute atomic E-state index is 0.0107. The number of nitrogens with zero attached hydrogens (tertiary/aromatic N) is 1. The Morgan fingerprint density at radius 2 is 2.09 bits per heavy atom. The van der Waals surface area contributed by atoms with Crippen LogP contribution in [0.1, 0.15) is 21.6 Å². The fourth-order valence-corrected chi connectivity index (χ4v) is 2.40. The number of amides is 1. The minimum atomic E-state index is -1.03. The summed E-state index contributed by atoms with van der Waals surface area (Å²) >= 11 is 0. The molecule has 0 spiro atoms. The molecule has 2 rings (SSSR count). The van der Waals surface area contributed by atoms with Gasteiger partial charge in [0, 0.05) is 30.7 Å². The Hall–Kier alpha value is -2.76. The van der Waals surface area contributed by atoms with Crippen molar-refractivity contribution in [2.45, 2.75) is 13.3 Å². The number of carbonyl (C=O) groups is 2. The number of hydrogen-bond donors (Lipinski definition) is 2. The second-order valence-electron chi connectivity index (χ2n) is 5.01. The summed E-state index contributed by atoms with van der Waals surface area (Å²) in [7, 11) is 3.28. The molecule has 0 unspecified atom stereocenters. The van der Waals surface area contributed by atoms with E-state index in [0.29, 0.717) is 22.7 Å². The molecule has 0 saturated heterocycles. The molecule has 1 heterocycles. The quantitative estimate of drug-likeness (QED) is 0.887. The number of benzene rings is 1. The molecule has 1 aromatic carbocycles. The number of anilines is 1. The molecule has 1 amide bonds. The molecule has 0 aliphatic rings. The van der Waals surface area contributed by atoms with Gasteiger partial charge in [-0.3, -0.25) is 4.79 Å². The zero-order valence-corrected chi connectivity index (χ0v) is 12.7. The standard InChI is InChI=1S/C16H18N2O4/c1-10-9-18(2)13(15(10)16(20)21)8-14(19)17-11-5-4-6-12(7-11)22-3/h4-7,9H,8H2,1-3H3,(H,17,19)(H,20,21). The van der Waals surface area contributed by atoms with Crippen LogP contribution in [0.5, 0.6) is 5.75 Å². The van der Waals surface area contributed by atoms with E-state index in [2.05, 4.69) is 5.32 Å². The first-order chi connectivity index (χ1) is 10.4. The summed E-state index contributed by atoms with van der Waals surface area (Å²) in [4.78, 5) is 23.5. The van der Waals surface area contributed by atoms with Gasteiger partial charge in [0.2, 0.25) is 5.91 Å². The lowest BCUT2D eigenvalue weighted by Crippen LogP contribution is -2.18. The number of aromatic carboxylic acids is 1. The van der Waals surface area contributed by atoms with Gasteiger partial charge in [-0.2, -0.15) is 0 Å². The van der Waals surface area contributed by atoms with E-state index < -0.39 is 5.97 Å². The number of carbonyl (C=O) groups excluding carboxylic acids is 1. The van der Waals surface area contributed by atoms with Gasteiger partial charge >= 0.3 is 5.97 Å². The summed E-state index contributed by atoms with van der Waals surface area (Å²) in [6.45, 7) is 1.72. The number of aryl methyl sites for hydroxylation is 2. The largest absolute Gasteiger partial charge is 0.497 e. The molecular formula is C16H18N2O4. The van der Waals surface area contributed by atoms with Gasteiger partial charge in [0.1, 0.15) is 5.75 Å². The van der Waals surface area contributed by atoms with Crippen molar-refractivity contribution in [3.63, 3.8) is 0 Å². The van der Waals surface area contributed by atoms with Crippen molar-refractivity contribution in [1.82, 2.24) is 4.57 Å². The third-order valence-corrected chi connectivity index (χ3v) is 3.39. The summed E-state index contributed by atoms with van der Waals surface area (Å²) in [6.07, 6.45) is 1.70. The molecule has 0 saturated carbocycles. The molecule has 0 aliphatic carbocycles. The van der Waals surface area contributed by atoms with E-state index >= 15 is 0 Å². The van der Waals surface area contributed by atoms with Gasteiger partial charge in [0.05, 0.1) is 19.1 Å². The molecule has 1 aromatic heterocycles. The third-order valence-electron chi connectivity index (χ3n) is 3.39. The predicted molar refractivity (Wildman–Crippen MR) is 82.4 cm³/mol. The average molecular weight is 302 g/mol. The van der Waals surface area contributed by atoms with Gasteiger partial charge < -0.3 is 19.7 Å². The van der Waals surface area contributed by atoms with Gasteiger partial charge in [0.25, 0.3) is 0 Å². The number of rotatable bonds is 5. The fourth-order valence-electron chi connectivity index (χ4n) is 2.40. The summed E-state index contributed by atoms with van der Waals surface area (Å²) in [6, 6.07) is 6.99. The van der Waals surface area contributed by atoms with Crippen molar-refractivity contribution in [2.75, 3.05) is 12.4 Å². The molecule has 0 aliphatic heterocycles. The highest BCUT2D eigenvalue weighted by Crippen LogP contribution is 2.19. The third kappa shape index (κ3) is 3.28. The monoisotopic (exact) mass is 302 g/mol. The maximum atomic E-state index is 12.2. The van der Waals surface area contributed by atoms with Crippen LogP contribution in [0, 0.1) is 6.92 Å². The SMILES string of the molecule is COc1cccc(NC(=O)Cc2c(C(=O)O)c(C)cn2C)c1. The first kappa shape index (κ1) is 15.6. The van der Waals surface area contributed by atoms with Crippen LogP contribution in [0.3, 0.4) is 0 Å². The highest BCUT2D eigenvalue weighted by molar-refractivity contribution is 5.96. The predicted octanol–water partition coefficient (Wildman–Crippen LogP) is 2.22. The number of carboxylic acids is 1. The maximum absolute atomic E-state index is 12.2. The first-order valence-corrected chi connectivity index (χ1v) is 6.74. The number of methoxy groups -OCH3 is 1. The van der Waals surface area contributed by atoms with E-state index in [-0.39, 0.29) is 17.9 Å². The van der Waals surface area contributed by atoms with Gasteiger partial charge in [-0.1, -0.05) is 6.07 Å². The Morgan fingerprint density at radius 1 is 1.36 bits per heavy atom. The number of carboxylic acid groups (broad SMARTS) is 1. The van der Waals surface area contributed by atoms with Crippen molar-refractivity contribution in [1.29, 1.82) is 0 Å². The van der Waals surface area contributed by atoms with E-state index in [9.17, 15) is 14.7 Å². The Kier molecular flexibility index (Phi) is 4.50. The van der Waals surface area contributed by atoms with Crippen LogP contribution < -0.4 is 10.1 Å². The van der Waals surface area contributed by atoms with Crippen molar-refractivity contribution in [2.24, 2.45) is 7.05 Å². The van der Waals surface area contributed by atoms with Crippen LogP contribution in [-0.2, 0) is 18.3 Å². The maximum Gasteiger partial charge on any atom is 0.337 e. The molecule has 0 fully saturated rings. The number of nitrogens with one attached hydrogen (secondary N) is 1. The summed E-state index contributed by atoms with van der Waals surface area (Å²) in [5.74, 6) is -0.669. The lowest BCUT2D eigenvalue weighted by Gasteiger charge is -2.08. The zero-order chi connectivity index (χ0) is 16.3. The zero-order valence-electron chi connectivity index (χ0n) is 12.7. The second kappa shape index (κ2) is 6.34. The first-order valence-electron chi connectivity index (χ1n) is 6.74. The lowest BCUT2D eigenvalue weighted by atomic mass is 10.1. The van der Waals surface area contributed by atoms with Crippen LogP contribution in [0.25, 0.3) is 0 Å². The highest BCUT2D eigenvalue weighted by Gasteiger charge is 2.20. The molecule has 0 radical (unpaired) electrons. The van der Waals surface area contributed by atoms with Gasteiger partial charge in [0.15, 0.2) is 0 Å². The van der Waals surface area contributed by atoms with Gasteiger partial charge in [-0.05, 0) is 24.6 Å². The topological polar surface area (TPSA) is 80.6 Å². The van der Waals surface area contributed by atoms with Crippen LogP contribution >= 0.6 is 0 Å². The van der Waals surface area contributed by atoms with Crippen LogP contribution in [0.4, 0.5) is 5.69 Å². The smallest absolute Gasteiger partial charge is 0.337 e. The van der Waals surface area contributed by atoms with E-state index in [4.69, 9.17) is 4.74 Å². The molecule has 2 aromatic rings. The number of aromatic nitrogens is 1. The molecule has 0 bridgehead atoms. The molecular weight excluding hydrogens is 284 g/mol. The van der Waals surface area contributed by atoms with Crippen molar-refractivity contribution in [3.8, 4) is 5.75 Å². The molecule has 2 N–H and O–H groups in total. The Morgan fingerprint density at radius 3 is 2.73 bits per heavy atom. The van der Waals surface area contributed by atoms with E-state index in [0.717, 1.165) is 0 Å². The summed E-state index contributed by atoms with van der Waals surface area (Å²) in [5.41, 5.74) is 1.90. The van der Waals surface area contributed by atoms with Crippen molar-refractivity contribution in [3.05, 3.63) is 47.3 Å². The van der Waals surface area contributed by atoms with Crippen LogP contribution in [0.15, 0.2) is 30.5 Å². The number of ether oxygens (including phenoxy) is 1. The molecule has 6 heteroatoms. The van der Waals surface area contributed by atoms with Crippen LogP contribution in [-0.4, -0.2) is 28.7 Å². The second-order valence-corrected chi connectivity index (χ2v) is 5.01.